The molecule has 0 aromatic heterocycles. The third kappa shape index (κ3) is 3.07. The van der Waals surface area contributed by atoms with Crippen LogP contribution in [0.5, 0.6) is 5.75 Å². The van der Waals surface area contributed by atoms with Crippen LogP contribution < -0.4 is 0 Å². The minimum Gasteiger partial charge on any atom is -0.508 e. The van der Waals surface area contributed by atoms with E-state index in [4.69, 9.17) is 0 Å². The van der Waals surface area contributed by atoms with E-state index in [1.807, 2.05) is 12.1 Å². The zero-order valence-electron chi connectivity index (χ0n) is 13.7. The van der Waals surface area contributed by atoms with Gasteiger partial charge in [-0.2, -0.15) is 0 Å². The van der Waals surface area contributed by atoms with Gasteiger partial charge in [-0.1, -0.05) is 46.8 Å². The number of aromatic hydroxyl groups is 1. The summed E-state index contributed by atoms with van der Waals surface area (Å²) in [5.74, 6) is -0.728. The van der Waals surface area contributed by atoms with Gasteiger partial charge in [-0.3, -0.25) is 4.79 Å². The summed E-state index contributed by atoms with van der Waals surface area (Å²) in [7, 11) is 0. The molecule has 2 rings (SSSR count). The predicted molar refractivity (Wildman–Crippen MR) is 83.8 cm³/mol. The molecule has 21 heavy (non-hydrogen) atoms. The molecular formula is C18H26O3. The van der Waals surface area contributed by atoms with Crippen molar-refractivity contribution in [2.24, 2.45) is 5.41 Å². The van der Waals surface area contributed by atoms with Crippen molar-refractivity contribution in [1.29, 1.82) is 0 Å². The highest BCUT2D eigenvalue weighted by molar-refractivity contribution is 5.86. The standard InChI is InChI=1S/C18H26O3/c1-16(2,3)11-17(4,5)12-6-7-14(19)13(10-12)18(8-9-18)15(20)21/h6-7,10,19H,8-9,11H2,1-5H3,(H,20,21). The smallest absolute Gasteiger partial charge is 0.314 e. The Morgan fingerprint density at radius 3 is 2.19 bits per heavy atom. The van der Waals surface area contributed by atoms with E-state index >= 15 is 0 Å². The van der Waals surface area contributed by atoms with Gasteiger partial charge in [0.15, 0.2) is 0 Å². The van der Waals surface area contributed by atoms with E-state index in [2.05, 4.69) is 34.6 Å². The SMILES string of the molecule is CC(C)(C)CC(C)(C)c1ccc(O)c(C2(C(=O)O)CC2)c1. The van der Waals surface area contributed by atoms with E-state index in [9.17, 15) is 15.0 Å². The van der Waals surface area contributed by atoms with Gasteiger partial charge in [0.1, 0.15) is 5.75 Å². The fourth-order valence-corrected chi connectivity index (χ4v) is 3.49. The lowest BCUT2D eigenvalue weighted by Crippen LogP contribution is -2.26. The number of aliphatic carboxylic acids is 1. The Hall–Kier alpha value is -1.51. The van der Waals surface area contributed by atoms with Crippen LogP contribution in [0.4, 0.5) is 0 Å². The summed E-state index contributed by atoms with van der Waals surface area (Å²) in [4.78, 5) is 11.5. The molecule has 1 aliphatic carbocycles. The summed E-state index contributed by atoms with van der Waals surface area (Å²) in [5, 5.41) is 19.5. The number of rotatable bonds is 4. The first-order valence-corrected chi connectivity index (χ1v) is 7.55. The van der Waals surface area contributed by atoms with E-state index in [1.54, 1.807) is 6.07 Å². The van der Waals surface area contributed by atoms with Crippen LogP contribution in [-0.4, -0.2) is 16.2 Å². The van der Waals surface area contributed by atoms with Crippen LogP contribution in [0.1, 0.15) is 65.0 Å². The molecule has 0 atom stereocenters. The van der Waals surface area contributed by atoms with Crippen LogP contribution in [0, 0.1) is 5.41 Å². The summed E-state index contributed by atoms with van der Waals surface area (Å²) < 4.78 is 0. The number of phenolic OH excluding ortho intramolecular Hbond substituents is 1. The molecule has 1 fully saturated rings. The van der Waals surface area contributed by atoms with E-state index in [0.29, 0.717) is 18.4 Å². The number of carboxylic acid groups (broad SMARTS) is 1. The average Bonchev–Trinajstić information content (AvgIpc) is 3.07. The van der Waals surface area contributed by atoms with Gasteiger partial charge in [0.05, 0.1) is 5.41 Å². The second-order valence-electron chi connectivity index (χ2n) is 8.24. The van der Waals surface area contributed by atoms with Crippen molar-refractivity contribution in [1.82, 2.24) is 0 Å². The summed E-state index contributed by atoms with van der Waals surface area (Å²) in [6.07, 6.45) is 2.21. The molecule has 0 radical (unpaired) electrons. The summed E-state index contributed by atoms with van der Waals surface area (Å²) in [5.41, 5.74) is 0.936. The van der Waals surface area contributed by atoms with Crippen LogP contribution in [-0.2, 0) is 15.6 Å². The zero-order valence-corrected chi connectivity index (χ0v) is 13.7. The maximum absolute atomic E-state index is 11.5. The van der Waals surface area contributed by atoms with Crippen molar-refractivity contribution < 1.29 is 15.0 Å². The second-order valence-corrected chi connectivity index (χ2v) is 8.24. The number of phenols is 1. The van der Waals surface area contributed by atoms with Gasteiger partial charge in [0.25, 0.3) is 0 Å². The molecule has 3 nitrogen and oxygen atoms in total. The first kappa shape index (κ1) is 15.9. The van der Waals surface area contributed by atoms with Gasteiger partial charge in [-0.05, 0) is 41.7 Å². The molecule has 1 aliphatic rings. The molecule has 3 heteroatoms. The van der Waals surface area contributed by atoms with Crippen molar-refractivity contribution in [3.05, 3.63) is 29.3 Å². The molecule has 0 aliphatic heterocycles. The van der Waals surface area contributed by atoms with Crippen molar-refractivity contribution in [3.63, 3.8) is 0 Å². The third-order valence-corrected chi connectivity index (χ3v) is 4.43. The maximum atomic E-state index is 11.5. The normalized spacial score (nSPS) is 17.6. The molecule has 0 amide bonds. The molecule has 0 heterocycles. The molecule has 0 saturated heterocycles. The Bertz CT molecular complexity index is 560. The molecular weight excluding hydrogens is 264 g/mol. The second kappa shape index (κ2) is 4.75. The number of benzene rings is 1. The zero-order chi connectivity index (χ0) is 16.1. The highest BCUT2D eigenvalue weighted by atomic mass is 16.4. The van der Waals surface area contributed by atoms with Crippen molar-refractivity contribution in [3.8, 4) is 5.75 Å². The maximum Gasteiger partial charge on any atom is 0.314 e. The summed E-state index contributed by atoms with van der Waals surface area (Å²) in [6, 6.07) is 5.47. The Kier molecular flexibility index (Phi) is 3.59. The number of carbonyl (C=O) groups is 1. The number of hydrogen-bond donors (Lipinski definition) is 2. The largest absolute Gasteiger partial charge is 0.508 e. The van der Waals surface area contributed by atoms with E-state index in [0.717, 1.165) is 12.0 Å². The van der Waals surface area contributed by atoms with Crippen LogP contribution >= 0.6 is 0 Å². The van der Waals surface area contributed by atoms with Gasteiger partial charge in [0.2, 0.25) is 0 Å². The minimum atomic E-state index is -0.863. The topological polar surface area (TPSA) is 57.5 Å². The molecule has 2 N–H and O–H groups in total. The van der Waals surface area contributed by atoms with E-state index < -0.39 is 11.4 Å². The van der Waals surface area contributed by atoms with E-state index in [1.165, 1.54) is 0 Å². The fraction of sp³-hybridized carbons (Fsp3) is 0.611. The molecule has 1 saturated carbocycles. The molecule has 0 bridgehead atoms. The highest BCUT2D eigenvalue weighted by Crippen LogP contribution is 2.52. The molecule has 0 spiro atoms. The summed E-state index contributed by atoms with van der Waals surface area (Å²) >= 11 is 0. The Morgan fingerprint density at radius 2 is 1.76 bits per heavy atom. The van der Waals surface area contributed by atoms with Crippen molar-refractivity contribution in [2.75, 3.05) is 0 Å². The first-order chi connectivity index (χ1) is 9.48. The van der Waals surface area contributed by atoms with Crippen LogP contribution in [0.15, 0.2) is 18.2 Å². The van der Waals surface area contributed by atoms with Crippen molar-refractivity contribution in [2.45, 2.75) is 64.7 Å². The van der Waals surface area contributed by atoms with Crippen LogP contribution in [0.3, 0.4) is 0 Å². The Morgan fingerprint density at radius 1 is 1.19 bits per heavy atom. The van der Waals surface area contributed by atoms with Gasteiger partial charge in [-0.25, -0.2) is 0 Å². The molecule has 116 valence electrons. The number of carboxylic acids is 1. The Balaban J connectivity index is 2.42. The quantitative estimate of drug-likeness (QED) is 0.872. The van der Waals surface area contributed by atoms with Gasteiger partial charge >= 0.3 is 5.97 Å². The van der Waals surface area contributed by atoms with Gasteiger partial charge in [-0.15, -0.1) is 0 Å². The van der Waals surface area contributed by atoms with E-state index in [-0.39, 0.29) is 16.6 Å². The molecule has 1 aromatic rings. The van der Waals surface area contributed by atoms with Crippen LogP contribution in [0.2, 0.25) is 0 Å². The lowest BCUT2D eigenvalue weighted by molar-refractivity contribution is -0.140. The minimum absolute atomic E-state index is 0.0602. The van der Waals surface area contributed by atoms with Gasteiger partial charge in [0, 0.05) is 5.56 Å². The highest BCUT2D eigenvalue weighted by Gasteiger charge is 2.53. The van der Waals surface area contributed by atoms with Gasteiger partial charge < -0.3 is 10.2 Å². The molecule has 0 unspecified atom stereocenters. The molecule has 1 aromatic carbocycles. The average molecular weight is 290 g/mol. The lowest BCUT2D eigenvalue weighted by atomic mass is 9.71. The van der Waals surface area contributed by atoms with Crippen LogP contribution in [0.25, 0.3) is 0 Å². The predicted octanol–water partition coefficient (Wildman–Crippen LogP) is 4.22. The van der Waals surface area contributed by atoms with Crippen molar-refractivity contribution >= 4 is 5.97 Å². The lowest BCUT2D eigenvalue weighted by Gasteiger charge is -2.33. The third-order valence-electron chi connectivity index (χ3n) is 4.43. The first-order valence-electron chi connectivity index (χ1n) is 7.55. The Labute approximate surface area is 127 Å². The number of hydrogen-bond acceptors (Lipinski definition) is 2. The monoisotopic (exact) mass is 290 g/mol. The summed E-state index contributed by atoms with van der Waals surface area (Å²) in [6.45, 7) is 11.0. The fourth-order valence-electron chi connectivity index (χ4n) is 3.49.